The van der Waals surface area contributed by atoms with Gasteiger partial charge in [-0.2, -0.15) is 5.26 Å². The first-order valence-corrected chi connectivity index (χ1v) is 7.14. The minimum Gasteiger partial charge on any atom is -0.457 e. The standard InChI is InChI=1S/C16H12F2N4O3/c1-21-15(12(23)8-19)14(18)11-7-10(4-6-22(11)21)25-16-13(24-9-17)3-2-5-20-16/h2-7,15H,9H2,1H3. The largest absolute Gasteiger partial charge is 0.457 e. The molecule has 2 aliphatic heterocycles. The van der Waals surface area contributed by atoms with E-state index in [4.69, 9.17) is 14.7 Å². The number of carbonyl (C=O) groups is 1. The molecule has 0 saturated heterocycles. The average Bonchev–Trinajstić information content (AvgIpc) is 2.87. The van der Waals surface area contributed by atoms with Gasteiger partial charge in [0.25, 0.3) is 11.7 Å². The number of likely N-dealkylation sites (N-methyl/N-ethyl adjacent to an activating group) is 1. The summed E-state index contributed by atoms with van der Waals surface area (Å²) in [6.45, 7) is -1.05. The molecule has 0 bridgehead atoms. The monoisotopic (exact) mass is 346 g/mol. The number of hydrazine groups is 1. The fourth-order valence-corrected chi connectivity index (χ4v) is 2.50. The van der Waals surface area contributed by atoms with Crippen LogP contribution in [0.25, 0.3) is 0 Å². The summed E-state index contributed by atoms with van der Waals surface area (Å²) >= 11 is 0. The summed E-state index contributed by atoms with van der Waals surface area (Å²) < 4.78 is 37.2. The molecule has 0 radical (unpaired) electrons. The van der Waals surface area contributed by atoms with Crippen LogP contribution >= 0.6 is 0 Å². The van der Waals surface area contributed by atoms with Gasteiger partial charge < -0.3 is 9.47 Å². The number of nitrogens with zero attached hydrogens (tertiary/aromatic N) is 4. The Kier molecular flexibility index (Phi) is 4.45. The van der Waals surface area contributed by atoms with E-state index in [1.165, 1.54) is 53.7 Å². The lowest BCUT2D eigenvalue weighted by Crippen LogP contribution is -2.40. The number of aromatic nitrogens is 1. The highest BCUT2D eigenvalue weighted by Crippen LogP contribution is 2.35. The summed E-state index contributed by atoms with van der Waals surface area (Å²) in [7, 11) is 1.49. The Bertz CT molecular complexity index is 844. The van der Waals surface area contributed by atoms with Crippen LogP contribution in [0, 0.1) is 11.3 Å². The Labute approximate surface area is 141 Å². The number of Topliss-reactive ketones (excluding diaryl/α,β-unsaturated/α-hetero) is 1. The van der Waals surface area contributed by atoms with Crippen LogP contribution < -0.4 is 9.47 Å². The minimum atomic E-state index is -1.31. The van der Waals surface area contributed by atoms with Crippen molar-refractivity contribution in [3.05, 3.63) is 54.0 Å². The van der Waals surface area contributed by atoms with E-state index in [0.29, 0.717) is 0 Å². The third kappa shape index (κ3) is 2.95. The number of alkyl halides is 1. The molecule has 7 nitrogen and oxygen atoms in total. The molecule has 9 heteroatoms. The van der Waals surface area contributed by atoms with Crippen LogP contribution in [0.15, 0.2) is 54.0 Å². The summed E-state index contributed by atoms with van der Waals surface area (Å²) in [5, 5.41) is 11.4. The van der Waals surface area contributed by atoms with Gasteiger partial charge in [0.2, 0.25) is 6.86 Å². The van der Waals surface area contributed by atoms with Crippen molar-refractivity contribution in [3.8, 4) is 17.7 Å². The summed E-state index contributed by atoms with van der Waals surface area (Å²) in [6, 6.07) is 3.16. The first kappa shape index (κ1) is 16.6. The molecule has 2 aliphatic rings. The number of allylic oxidation sites excluding steroid dienone is 2. The second kappa shape index (κ2) is 6.70. The van der Waals surface area contributed by atoms with Gasteiger partial charge in [-0.25, -0.2) is 18.8 Å². The normalized spacial score (nSPS) is 19.4. The van der Waals surface area contributed by atoms with Crippen molar-refractivity contribution >= 4 is 5.78 Å². The van der Waals surface area contributed by atoms with Crippen LogP contribution in [0.4, 0.5) is 8.78 Å². The van der Waals surface area contributed by atoms with E-state index in [2.05, 4.69) is 4.98 Å². The Morgan fingerprint density at radius 3 is 3.04 bits per heavy atom. The Hall–Kier alpha value is -3.25. The number of ether oxygens (including phenoxy) is 2. The highest BCUT2D eigenvalue weighted by molar-refractivity contribution is 6.00. The Balaban J connectivity index is 1.90. The fraction of sp³-hybridized carbons (Fsp3) is 0.188. The maximum atomic E-state index is 14.5. The van der Waals surface area contributed by atoms with Gasteiger partial charge in [-0.3, -0.25) is 9.80 Å². The SMILES string of the molecule is CN1C(C(=O)C#N)C(F)=C2C=C(Oc3ncccc3OCF)C=CN21. The van der Waals surface area contributed by atoms with Gasteiger partial charge in [0.05, 0.1) is 5.70 Å². The maximum absolute atomic E-state index is 14.5. The molecule has 0 N–H and O–H groups in total. The summed E-state index contributed by atoms with van der Waals surface area (Å²) in [5.41, 5.74) is 0.0671. The van der Waals surface area contributed by atoms with E-state index < -0.39 is 24.5 Å². The molecular formula is C16H12F2N4O3. The summed E-state index contributed by atoms with van der Waals surface area (Å²) in [4.78, 5) is 15.6. The second-order valence-corrected chi connectivity index (χ2v) is 5.05. The topological polar surface area (TPSA) is 78.7 Å². The lowest BCUT2D eigenvalue weighted by molar-refractivity contribution is -0.119. The number of halogens is 2. The van der Waals surface area contributed by atoms with Crippen LogP contribution in [-0.2, 0) is 4.79 Å². The molecule has 0 aliphatic carbocycles. The van der Waals surface area contributed by atoms with Gasteiger partial charge >= 0.3 is 0 Å². The molecule has 0 spiro atoms. The predicted molar refractivity (Wildman–Crippen MR) is 80.8 cm³/mol. The number of hydrogen-bond acceptors (Lipinski definition) is 7. The molecule has 1 aromatic rings. The third-order valence-electron chi connectivity index (χ3n) is 3.62. The minimum absolute atomic E-state index is 0.0153. The molecule has 0 fully saturated rings. The number of pyridine rings is 1. The predicted octanol–water partition coefficient (Wildman–Crippen LogP) is 1.98. The van der Waals surface area contributed by atoms with E-state index in [-0.39, 0.29) is 23.1 Å². The molecule has 3 heterocycles. The number of nitriles is 1. The highest BCUT2D eigenvalue weighted by atomic mass is 19.1. The van der Waals surface area contributed by atoms with Crippen molar-refractivity contribution in [3.63, 3.8) is 0 Å². The highest BCUT2D eigenvalue weighted by Gasteiger charge is 2.41. The smallest absolute Gasteiger partial charge is 0.262 e. The van der Waals surface area contributed by atoms with Crippen molar-refractivity contribution in [2.75, 3.05) is 13.9 Å². The zero-order valence-corrected chi connectivity index (χ0v) is 13.0. The van der Waals surface area contributed by atoms with Crippen molar-refractivity contribution < 1.29 is 23.0 Å². The van der Waals surface area contributed by atoms with E-state index in [9.17, 15) is 13.6 Å². The van der Waals surface area contributed by atoms with E-state index in [0.717, 1.165) is 0 Å². The molecule has 1 unspecified atom stereocenters. The molecule has 1 atom stereocenters. The molecule has 0 amide bonds. The summed E-state index contributed by atoms with van der Waals surface area (Å²) in [5.74, 6) is -1.35. The first-order chi connectivity index (χ1) is 12.1. The van der Waals surface area contributed by atoms with Gasteiger partial charge in [0.15, 0.2) is 17.6 Å². The molecule has 128 valence electrons. The Morgan fingerprint density at radius 2 is 2.32 bits per heavy atom. The average molecular weight is 346 g/mol. The number of hydrogen-bond donors (Lipinski definition) is 0. The molecule has 3 rings (SSSR count). The van der Waals surface area contributed by atoms with Crippen LogP contribution in [0.2, 0.25) is 0 Å². The molecule has 1 aromatic heterocycles. The summed E-state index contributed by atoms with van der Waals surface area (Å²) in [6.07, 6.45) is 5.78. The Morgan fingerprint density at radius 1 is 1.52 bits per heavy atom. The third-order valence-corrected chi connectivity index (χ3v) is 3.62. The quantitative estimate of drug-likeness (QED) is 0.754. The van der Waals surface area contributed by atoms with E-state index >= 15 is 0 Å². The van der Waals surface area contributed by atoms with Gasteiger partial charge in [0, 0.05) is 25.5 Å². The van der Waals surface area contributed by atoms with Crippen LogP contribution in [0.3, 0.4) is 0 Å². The van der Waals surface area contributed by atoms with Crippen molar-refractivity contribution in [1.82, 2.24) is 15.0 Å². The molecule has 0 aromatic carbocycles. The van der Waals surface area contributed by atoms with Gasteiger partial charge in [-0.1, -0.05) is 0 Å². The van der Waals surface area contributed by atoms with E-state index in [1.807, 2.05) is 0 Å². The van der Waals surface area contributed by atoms with E-state index in [1.54, 1.807) is 6.07 Å². The zero-order valence-electron chi connectivity index (χ0n) is 13.0. The van der Waals surface area contributed by atoms with Crippen LogP contribution in [-0.4, -0.2) is 40.7 Å². The van der Waals surface area contributed by atoms with Crippen LogP contribution in [0.1, 0.15) is 0 Å². The number of rotatable bonds is 5. The molecular weight excluding hydrogens is 334 g/mol. The molecule has 25 heavy (non-hydrogen) atoms. The second-order valence-electron chi connectivity index (χ2n) is 5.05. The fourth-order valence-electron chi connectivity index (χ4n) is 2.50. The van der Waals surface area contributed by atoms with Gasteiger partial charge in [0.1, 0.15) is 11.8 Å². The van der Waals surface area contributed by atoms with Gasteiger partial charge in [-0.15, -0.1) is 0 Å². The van der Waals surface area contributed by atoms with Gasteiger partial charge in [-0.05, 0) is 18.2 Å². The first-order valence-electron chi connectivity index (χ1n) is 7.14. The number of fused-ring (bicyclic) bond motifs is 1. The molecule has 0 saturated carbocycles. The lowest BCUT2D eigenvalue weighted by atomic mass is 10.1. The van der Waals surface area contributed by atoms with Crippen molar-refractivity contribution in [2.24, 2.45) is 0 Å². The lowest BCUT2D eigenvalue weighted by Gasteiger charge is -2.28. The zero-order chi connectivity index (χ0) is 18.0. The van der Waals surface area contributed by atoms with Crippen molar-refractivity contribution in [1.29, 1.82) is 5.26 Å². The van der Waals surface area contributed by atoms with Crippen LogP contribution in [0.5, 0.6) is 11.6 Å². The maximum Gasteiger partial charge on any atom is 0.262 e. The number of carbonyl (C=O) groups excluding carboxylic acids is 1. The number of ketones is 1. The van der Waals surface area contributed by atoms with Crippen molar-refractivity contribution in [2.45, 2.75) is 6.04 Å².